The predicted molar refractivity (Wildman–Crippen MR) is 75.9 cm³/mol. The van der Waals surface area contributed by atoms with Gasteiger partial charge in [-0.1, -0.05) is 26.0 Å². The lowest BCUT2D eigenvalue weighted by atomic mass is 10.0. The summed E-state index contributed by atoms with van der Waals surface area (Å²) in [7, 11) is 0. The molecule has 1 aliphatic rings. The van der Waals surface area contributed by atoms with E-state index in [1.54, 1.807) is 12.1 Å². The zero-order valence-electron chi connectivity index (χ0n) is 11.8. The van der Waals surface area contributed by atoms with Crippen molar-refractivity contribution in [2.45, 2.75) is 39.3 Å². The number of aromatic nitrogens is 2. The minimum atomic E-state index is -0.214. The van der Waals surface area contributed by atoms with E-state index in [-0.39, 0.29) is 5.82 Å². The second-order valence-corrected chi connectivity index (χ2v) is 5.52. The summed E-state index contributed by atoms with van der Waals surface area (Å²) >= 11 is 0. The maximum atomic E-state index is 13.2. The molecule has 0 amide bonds. The van der Waals surface area contributed by atoms with Gasteiger partial charge in [0.05, 0.1) is 11.4 Å². The predicted octanol–water partition coefficient (Wildman–Crippen LogP) is 2.93. The lowest BCUT2D eigenvalue weighted by Crippen LogP contribution is -2.08. The van der Waals surface area contributed by atoms with E-state index in [0.717, 1.165) is 35.9 Å². The summed E-state index contributed by atoms with van der Waals surface area (Å²) in [6, 6.07) is 6.64. The van der Waals surface area contributed by atoms with Gasteiger partial charge in [0.2, 0.25) is 0 Å². The summed E-state index contributed by atoms with van der Waals surface area (Å²) in [5, 5.41) is 3.32. The van der Waals surface area contributed by atoms with Crippen LogP contribution in [0.1, 0.15) is 48.1 Å². The molecule has 3 rings (SSSR count). The maximum absolute atomic E-state index is 13.2. The third kappa shape index (κ3) is 2.56. The van der Waals surface area contributed by atoms with Crippen LogP contribution in [0.5, 0.6) is 0 Å². The molecule has 0 bridgehead atoms. The third-order valence-corrected chi connectivity index (χ3v) is 3.56. The average Bonchev–Trinajstić information content (AvgIpc) is 2.85. The first kappa shape index (κ1) is 13.2. The van der Waals surface area contributed by atoms with Crippen molar-refractivity contribution >= 4 is 0 Å². The number of hydrogen-bond acceptors (Lipinski definition) is 3. The molecule has 0 saturated heterocycles. The van der Waals surface area contributed by atoms with Gasteiger partial charge in [0.1, 0.15) is 11.6 Å². The first-order valence-electron chi connectivity index (χ1n) is 6.97. The monoisotopic (exact) mass is 271 g/mol. The fraction of sp³-hybridized carbons (Fsp3) is 0.375. The molecule has 20 heavy (non-hydrogen) atoms. The second-order valence-electron chi connectivity index (χ2n) is 5.52. The maximum Gasteiger partial charge on any atom is 0.133 e. The Morgan fingerprint density at radius 2 is 2.10 bits per heavy atom. The summed E-state index contributed by atoms with van der Waals surface area (Å²) in [4.78, 5) is 9.32. The van der Waals surface area contributed by atoms with Gasteiger partial charge in [-0.3, -0.25) is 0 Å². The number of benzene rings is 1. The number of halogens is 1. The van der Waals surface area contributed by atoms with Gasteiger partial charge in [-0.2, -0.15) is 0 Å². The minimum Gasteiger partial charge on any atom is -0.307 e. The van der Waals surface area contributed by atoms with Crippen LogP contribution >= 0.6 is 0 Å². The van der Waals surface area contributed by atoms with E-state index in [4.69, 9.17) is 4.98 Å². The largest absolute Gasteiger partial charge is 0.307 e. The molecule has 0 unspecified atom stereocenters. The molecule has 2 aromatic rings. The molecule has 0 saturated carbocycles. The number of nitrogens with one attached hydrogen (secondary N) is 1. The highest BCUT2D eigenvalue weighted by Crippen LogP contribution is 2.24. The van der Waals surface area contributed by atoms with Gasteiger partial charge >= 0.3 is 0 Å². The minimum absolute atomic E-state index is 0.214. The van der Waals surface area contributed by atoms with Crippen LogP contribution in [0.3, 0.4) is 0 Å². The van der Waals surface area contributed by atoms with Crippen LogP contribution in [0.15, 0.2) is 24.3 Å². The first-order valence-corrected chi connectivity index (χ1v) is 6.97. The molecule has 1 aromatic carbocycles. The molecule has 0 fully saturated rings. The number of rotatable bonds is 3. The smallest absolute Gasteiger partial charge is 0.133 e. The van der Waals surface area contributed by atoms with Crippen LogP contribution in [-0.4, -0.2) is 9.97 Å². The molecule has 1 aliphatic heterocycles. The Bertz CT molecular complexity index is 638. The lowest BCUT2D eigenvalue weighted by molar-refractivity contribution is 0.625. The van der Waals surface area contributed by atoms with E-state index in [2.05, 4.69) is 24.1 Å². The van der Waals surface area contributed by atoms with E-state index < -0.39 is 0 Å². The fourth-order valence-corrected chi connectivity index (χ4v) is 2.63. The molecule has 0 radical (unpaired) electrons. The highest BCUT2D eigenvalue weighted by atomic mass is 19.1. The van der Waals surface area contributed by atoms with Gasteiger partial charge in [0, 0.05) is 25.1 Å². The van der Waals surface area contributed by atoms with Crippen molar-refractivity contribution in [1.29, 1.82) is 0 Å². The van der Waals surface area contributed by atoms with Gasteiger partial charge in [0.25, 0.3) is 0 Å². The Morgan fingerprint density at radius 3 is 2.85 bits per heavy atom. The highest BCUT2D eigenvalue weighted by molar-refractivity contribution is 5.32. The summed E-state index contributed by atoms with van der Waals surface area (Å²) in [6.07, 6.45) is 0.574. The zero-order chi connectivity index (χ0) is 14.1. The van der Waals surface area contributed by atoms with Crippen LogP contribution in [0, 0.1) is 5.82 Å². The molecule has 0 spiro atoms. The summed E-state index contributed by atoms with van der Waals surface area (Å²) in [6.45, 7) is 5.94. The first-order chi connectivity index (χ1) is 9.63. The quantitative estimate of drug-likeness (QED) is 0.932. The van der Waals surface area contributed by atoms with E-state index in [1.165, 1.54) is 11.6 Å². The topological polar surface area (TPSA) is 37.8 Å². The van der Waals surface area contributed by atoms with Crippen molar-refractivity contribution in [3.05, 3.63) is 58.4 Å². The Hall–Kier alpha value is -1.81. The normalized spacial score (nSPS) is 13.8. The molecular weight excluding hydrogens is 253 g/mol. The Kier molecular flexibility index (Phi) is 3.49. The molecule has 104 valence electrons. The number of fused-ring (bicyclic) bond motifs is 1. The Labute approximate surface area is 118 Å². The van der Waals surface area contributed by atoms with E-state index >= 15 is 0 Å². The van der Waals surface area contributed by atoms with Crippen molar-refractivity contribution < 1.29 is 4.39 Å². The molecule has 0 atom stereocenters. The van der Waals surface area contributed by atoms with Gasteiger partial charge in [-0.25, -0.2) is 14.4 Å². The fourth-order valence-electron chi connectivity index (χ4n) is 2.63. The van der Waals surface area contributed by atoms with Crippen LogP contribution < -0.4 is 5.32 Å². The van der Waals surface area contributed by atoms with E-state index in [0.29, 0.717) is 12.3 Å². The van der Waals surface area contributed by atoms with Crippen molar-refractivity contribution in [2.24, 2.45) is 0 Å². The molecule has 1 aromatic heterocycles. The van der Waals surface area contributed by atoms with Gasteiger partial charge < -0.3 is 5.32 Å². The van der Waals surface area contributed by atoms with Crippen molar-refractivity contribution in [1.82, 2.24) is 15.3 Å². The zero-order valence-corrected chi connectivity index (χ0v) is 11.8. The Morgan fingerprint density at radius 1 is 1.25 bits per heavy atom. The van der Waals surface area contributed by atoms with E-state index in [1.807, 2.05) is 6.07 Å². The Balaban J connectivity index is 1.96. The SMILES string of the molecule is CC(C)c1nc(Cc2cccc(F)c2)nc2c1CNC2. The van der Waals surface area contributed by atoms with E-state index in [9.17, 15) is 4.39 Å². The van der Waals surface area contributed by atoms with Gasteiger partial charge in [-0.05, 0) is 23.6 Å². The molecule has 0 aliphatic carbocycles. The summed E-state index contributed by atoms with van der Waals surface area (Å²) in [5.41, 5.74) is 4.36. The summed E-state index contributed by atoms with van der Waals surface area (Å²) < 4.78 is 13.2. The standard InChI is InChI=1S/C16H18FN3/c1-10(2)16-13-8-18-9-14(13)19-15(20-16)7-11-4-3-5-12(17)6-11/h3-6,10,18H,7-9H2,1-2H3. The van der Waals surface area contributed by atoms with Crippen molar-refractivity contribution in [3.63, 3.8) is 0 Å². The van der Waals surface area contributed by atoms with Gasteiger partial charge in [-0.15, -0.1) is 0 Å². The average molecular weight is 271 g/mol. The number of hydrogen-bond donors (Lipinski definition) is 1. The lowest BCUT2D eigenvalue weighted by Gasteiger charge is -2.12. The van der Waals surface area contributed by atoms with Crippen molar-refractivity contribution in [3.8, 4) is 0 Å². The third-order valence-electron chi connectivity index (χ3n) is 3.56. The molecule has 4 heteroatoms. The van der Waals surface area contributed by atoms with Gasteiger partial charge in [0.15, 0.2) is 0 Å². The van der Waals surface area contributed by atoms with Crippen LogP contribution in [0.25, 0.3) is 0 Å². The molecule has 1 N–H and O–H groups in total. The number of nitrogens with zero attached hydrogens (tertiary/aromatic N) is 2. The van der Waals surface area contributed by atoms with Crippen LogP contribution in [-0.2, 0) is 19.5 Å². The molecule has 2 heterocycles. The highest BCUT2D eigenvalue weighted by Gasteiger charge is 2.20. The molecule has 3 nitrogen and oxygen atoms in total. The van der Waals surface area contributed by atoms with Crippen molar-refractivity contribution in [2.75, 3.05) is 0 Å². The second kappa shape index (κ2) is 5.29. The van der Waals surface area contributed by atoms with Crippen LogP contribution in [0.4, 0.5) is 4.39 Å². The summed E-state index contributed by atoms with van der Waals surface area (Å²) in [5.74, 6) is 0.939. The van der Waals surface area contributed by atoms with Crippen LogP contribution in [0.2, 0.25) is 0 Å². The molecular formula is C16H18FN3.